The molecule has 1 aromatic heterocycles. The fourth-order valence-electron chi connectivity index (χ4n) is 3.96. The molecule has 2 aliphatic rings. The highest BCUT2D eigenvalue weighted by Crippen LogP contribution is 2.23. The molecule has 0 radical (unpaired) electrons. The summed E-state index contributed by atoms with van der Waals surface area (Å²) in [6, 6.07) is 8.74. The molecule has 7 nitrogen and oxygen atoms in total. The quantitative estimate of drug-likeness (QED) is 0.788. The average Bonchev–Trinajstić information content (AvgIpc) is 2.74. The molecule has 1 amide bonds. The van der Waals surface area contributed by atoms with Gasteiger partial charge in [0.2, 0.25) is 5.91 Å². The summed E-state index contributed by atoms with van der Waals surface area (Å²) >= 11 is 0. The third kappa shape index (κ3) is 4.41. The number of aryl methyl sites for hydroxylation is 1. The first-order valence-corrected chi connectivity index (χ1v) is 10.1. The summed E-state index contributed by atoms with van der Waals surface area (Å²) in [5.74, 6) is 2.55. The lowest BCUT2D eigenvalue weighted by Crippen LogP contribution is -2.49. The van der Waals surface area contributed by atoms with Gasteiger partial charge in [-0.2, -0.15) is 0 Å². The first-order chi connectivity index (χ1) is 14.0. The van der Waals surface area contributed by atoms with Gasteiger partial charge in [-0.15, -0.1) is 0 Å². The number of carbonyl (C=O) groups is 1. The van der Waals surface area contributed by atoms with Gasteiger partial charge in [-0.25, -0.2) is 14.4 Å². The zero-order valence-electron chi connectivity index (χ0n) is 17.0. The molecule has 2 saturated heterocycles. The van der Waals surface area contributed by atoms with E-state index in [-0.39, 0.29) is 11.7 Å². The van der Waals surface area contributed by atoms with Crippen molar-refractivity contribution in [2.24, 2.45) is 0 Å². The molecule has 3 heterocycles. The Balaban J connectivity index is 1.42. The number of aromatic nitrogens is 2. The summed E-state index contributed by atoms with van der Waals surface area (Å²) in [5.41, 5.74) is 1.05. The van der Waals surface area contributed by atoms with E-state index in [4.69, 9.17) is 0 Å². The van der Waals surface area contributed by atoms with Crippen molar-refractivity contribution in [3.63, 3.8) is 0 Å². The van der Waals surface area contributed by atoms with Gasteiger partial charge in [-0.1, -0.05) is 0 Å². The van der Waals surface area contributed by atoms with Crippen LogP contribution in [-0.4, -0.2) is 73.1 Å². The number of halogens is 1. The lowest BCUT2D eigenvalue weighted by molar-refractivity contribution is -0.129. The molecule has 2 fully saturated rings. The molecule has 8 heteroatoms. The van der Waals surface area contributed by atoms with Gasteiger partial charge in [0, 0.05) is 71.0 Å². The molecule has 4 rings (SSSR count). The molecule has 2 aromatic rings. The van der Waals surface area contributed by atoms with Crippen LogP contribution < -0.4 is 14.7 Å². The summed E-state index contributed by atoms with van der Waals surface area (Å²) < 4.78 is 13.2. The normalized spacial score (nSPS) is 17.6. The minimum atomic E-state index is -0.208. The topological polar surface area (TPSA) is 55.8 Å². The lowest BCUT2D eigenvalue weighted by atomic mass is 10.2. The highest BCUT2D eigenvalue weighted by atomic mass is 19.1. The van der Waals surface area contributed by atoms with Crippen LogP contribution in [0.5, 0.6) is 0 Å². The predicted octanol–water partition coefficient (Wildman–Crippen LogP) is 1.92. The van der Waals surface area contributed by atoms with E-state index < -0.39 is 0 Å². The van der Waals surface area contributed by atoms with Crippen molar-refractivity contribution in [2.75, 3.05) is 67.1 Å². The SMILES string of the molecule is CC(=O)N1CCN(c2cc(N3CCN(c4ccc(F)cc4)CC3)nc(C)n2)CC1. The van der Waals surface area contributed by atoms with Crippen LogP contribution in [-0.2, 0) is 4.79 Å². The molecule has 1 aromatic carbocycles. The Hall–Kier alpha value is -2.90. The van der Waals surface area contributed by atoms with Crippen molar-refractivity contribution in [3.8, 4) is 0 Å². The van der Waals surface area contributed by atoms with Crippen LogP contribution in [0.3, 0.4) is 0 Å². The Morgan fingerprint density at radius 1 is 0.828 bits per heavy atom. The summed E-state index contributed by atoms with van der Waals surface area (Å²) in [6.45, 7) is 10.00. The Kier molecular flexibility index (Phi) is 5.51. The number of benzene rings is 1. The minimum Gasteiger partial charge on any atom is -0.368 e. The fourth-order valence-corrected chi connectivity index (χ4v) is 3.96. The van der Waals surface area contributed by atoms with Crippen LogP contribution in [0.4, 0.5) is 21.7 Å². The van der Waals surface area contributed by atoms with Crippen LogP contribution in [0.15, 0.2) is 30.3 Å². The van der Waals surface area contributed by atoms with E-state index in [1.807, 2.05) is 24.0 Å². The Morgan fingerprint density at radius 2 is 1.31 bits per heavy atom. The number of piperazine rings is 2. The second kappa shape index (κ2) is 8.23. The maximum atomic E-state index is 13.2. The zero-order valence-corrected chi connectivity index (χ0v) is 17.0. The van der Waals surface area contributed by atoms with Crippen molar-refractivity contribution in [3.05, 3.63) is 42.0 Å². The van der Waals surface area contributed by atoms with Gasteiger partial charge < -0.3 is 19.6 Å². The summed E-state index contributed by atoms with van der Waals surface area (Å²) in [5, 5.41) is 0. The molecule has 0 unspecified atom stereocenters. The maximum Gasteiger partial charge on any atom is 0.219 e. The molecule has 0 bridgehead atoms. The van der Waals surface area contributed by atoms with Crippen LogP contribution in [0.2, 0.25) is 0 Å². The van der Waals surface area contributed by atoms with E-state index in [1.54, 1.807) is 6.92 Å². The number of nitrogens with zero attached hydrogens (tertiary/aromatic N) is 6. The zero-order chi connectivity index (χ0) is 20.4. The van der Waals surface area contributed by atoms with Crippen molar-refractivity contribution in [1.82, 2.24) is 14.9 Å². The van der Waals surface area contributed by atoms with Crippen molar-refractivity contribution in [1.29, 1.82) is 0 Å². The van der Waals surface area contributed by atoms with E-state index in [9.17, 15) is 9.18 Å². The second-order valence-corrected chi connectivity index (χ2v) is 7.58. The lowest BCUT2D eigenvalue weighted by Gasteiger charge is -2.38. The van der Waals surface area contributed by atoms with E-state index in [2.05, 4.69) is 30.7 Å². The predicted molar refractivity (Wildman–Crippen MR) is 112 cm³/mol. The number of hydrogen-bond acceptors (Lipinski definition) is 6. The molecule has 0 N–H and O–H groups in total. The standard InChI is InChI=1S/C21H27FN6O/c1-16-23-20(27-11-7-25(8-12-27)17(2)29)15-21(24-16)28-13-9-26(10-14-28)19-5-3-18(22)4-6-19/h3-6,15H,7-14H2,1-2H3. The summed E-state index contributed by atoms with van der Waals surface area (Å²) in [7, 11) is 0. The van der Waals surface area contributed by atoms with Gasteiger partial charge >= 0.3 is 0 Å². The number of amides is 1. The van der Waals surface area contributed by atoms with E-state index in [0.29, 0.717) is 0 Å². The van der Waals surface area contributed by atoms with Crippen LogP contribution in [0.1, 0.15) is 12.7 Å². The largest absolute Gasteiger partial charge is 0.368 e. The molecule has 2 aliphatic heterocycles. The third-order valence-electron chi connectivity index (χ3n) is 5.66. The van der Waals surface area contributed by atoms with Gasteiger partial charge in [-0.3, -0.25) is 4.79 Å². The summed E-state index contributed by atoms with van der Waals surface area (Å²) in [6.07, 6.45) is 0. The van der Waals surface area contributed by atoms with Crippen LogP contribution >= 0.6 is 0 Å². The molecule has 154 valence electrons. The van der Waals surface area contributed by atoms with Crippen molar-refractivity contribution >= 4 is 23.2 Å². The Labute approximate surface area is 170 Å². The third-order valence-corrected chi connectivity index (χ3v) is 5.66. The first-order valence-electron chi connectivity index (χ1n) is 10.1. The molecule has 0 aliphatic carbocycles. The van der Waals surface area contributed by atoms with E-state index in [1.165, 1.54) is 12.1 Å². The maximum absolute atomic E-state index is 13.2. The van der Waals surface area contributed by atoms with E-state index >= 15 is 0 Å². The van der Waals surface area contributed by atoms with Crippen molar-refractivity contribution in [2.45, 2.75) is 13.8 Å². The smallest absolute Gasteiger partial charge is 0.219 e. The monoisotopic (exact) mass is 398 g/mol. The second-order valence-electron chi connectivity index (χ2n) is 7.58. The van der Waals surface area contributed by atoms with Crippen LogP contribution in [0, 0.1) is 12.7 Å². The Bertz CT molecular complexity index is 858. The van der Waals surface area contributed by atoms with Gasteiger partial charge in [-0.05, 0) is 31.2 Å². The van der Waals surface area contributed by atoms with E-state index in [0.717, 1.165) is 75.5 Å². The molecule has 0 spiro atoms. The van der Waals surface area contributed by atoms with Gasteiger partial charge in [0.1, 0.15) is 23.3 Å². The number of carbonyl (C=O) groups excluding carboxylic acids is 1. The fraction of sp³-hybridized carbons (Fsp3) is 0.476. The number of rotatable bonds is 3. The average molecular weight is 398 g/mol. The number of anilines is 3. The number of hydrogen-bond donors (Lipinski definition) is 0. The molecule has 0 atom stereocenters. The van der Waals surface area contributed by atoms with Crippen molar-refractivity contribution < 1.29 is 9.18 Å². The molecular formula is C21H27FN6O. The van der Waals surface area contributed by atoms with Gasteiger partial charge in [0.25, 0.3) is 0 Å². The molecule has 0 saturated carbocycles. The molecular weight excluding hydrogens is 371 g/mol. The van der Waals surface area contributed by atoms with Gasteiger partial charge in [0.05, 0.1) is 0 Å². The Morgan fingerprint density at radius 3 is 1.83 bits per heavy atom. The first kappa shape index (κ1) is 19.4. The minimum absolute atomic E-state index is 0.128. The highest BCUT2D eigenvalue weighted by Gasteiger charge is 2.23. The van der Waals surface area contributed by atoms with Crippen LogP contribution in [0.25, 0.3) is 0 Å². The van der Waals surface area contributed by atoms with Gasteiger partial charge in [0.15, 0.2) is 0 Å². The highest BCUT2D eigenvalue weighted by molar-refractivity contribution is 5.73. The molecule has 29 heavy (non-hydrogen) atoms. The summed E-state index contributed by atoms with van der Waals surface area (Å²) in [4.78, 5) is 29.5.